The van der Waals surface area contributed by atoms with Gasteiger partial charge in [0.2, 0.25) is 0 Å². The van der Waals surface area contributed by atoms with Crippen molar-refractivity contribution in [1.29, 1.82) is 5.26 Å². The van der Waals surface area contributed by atoms with Crippen LogP contribution >= 0.6 is 0 Å². The molecule has 3 unspecified atom stereocenters. The first-order valence-electron chi connectivity index (χ1n) is 7.35. The number of para-hydroxylation sites is 1. The van der Waals surface area contributed by atoms with E-state index in [9.17, 15) is 10.4 Å². The lowest BCUT2D eigenvalue weighted by Crippen LogP contribution is -2.37. The van der Waals surface area contributed by atoms with Gasteiger partial charge in [-0.15, -0.1) is 0 Å². The van der Waals surface area contributed by atoms with Crippen molar-refractivity contribution in [2.24, 2.45) is 11.0 Å². The zero-order chi connectivity index (χ0) is 16.2. The van der Waals surface area contributed by atoms with E-state index in [2.05, 4.69) is 11.2 Å². The van der Waals surface area contributed by atoms with Gasteiger partial charge in [0.05, 0.1) is 17.7 Å². The smallest absolute Gasteiger partial charge is 0.159 e. The highest BCUT2D eigenvalue weighted by Crippen LogP contribution is 2.36. The molecule has 3 atom stereocenters. The molecule has 5 heteroatoms. The van der Waals surface area contributed by atoms with E-state index in [1.54, 1.807) is 7.11 Å². The molecule has 1 N–H and O–H groups in total. The summed E-state index contributed by atoms with van der Waals surface area (Å²) in [4.78, 5) is 0. The summed E-state index contributed by atoms with van der Waals surface area (Å²) in [5.41, 5.74) is 1.90. The van der Waals surface area contributed by atoms with Crippen molar-refractivity contribution in [2.45, 2.75) is 12.3 Å². The van der Waals surface area contributed by atoms with Gasteiger partial charge >= 0.3 is 0 Å². The van der Waals surface area contributed by atoms with Crippen molar-refractivity contribution >= 4 is 11.4 Å². The van der Waals surface area contributed by atoms with Gasteiger partial charge in [0, 0.05) is 7.11 Å². The molecule has 0 spiro atoms. The Morgan fingerprint density at radius 1 is 1.13 bits per heavy atom. The highest BCUT2D eigenvalue weighted by molar-refractivity contribution is 6.03. The molecule has 0 saturated carbocycles. The second-order valence-corrected chi connectivity index (χ2v) is 5.28. The number of rotatable bonds is 4. The predicted molar refractivity (Wildman–Crippen MR) is 87.7 cm³/mol. The van der Waals surface area contributed by atoms with Crippen LogP contribution in [0.15, 0.2) is 65.8 Å². The fraction of sp³-hybridized carbons (Fsp3) is 0.222. The van der Waals surface area contributed by atoms with E-state index in [0.717, 1.165) is 11.3 Å². The van der Waals surface area contributed by atoms with Crippen molar-refractivity contribution < 1.29 is 9.84 Å². The van der Waals surface area contributed by atoms with Crippen LogP contribution in [0.4, 0.5) is 5.69 Å². The topological polar surface area (TPSA) is 68.8 Å². The number of anilines is 1. The van der Waals surface area contributed by atoms with E-state index in [-0.39, 0.29) is 5.71 Å². The Morgan fingerprint density at radius 3 is 2.30 bits per heavy atom. The van der Waals surface area contributed by atoms with Gasteiger partial charge in [-0.05, 0) is 17.7 Å². The van der Waals surface area contributed by atoms with Crippen LogP contribution in [0, 0.1) is 17.2 Å². The van der Waals surface area contributed by atoms with E-state index in [1.807, 2.05) is 60.7 Å². The lowest BCUT2D eigenvalue weighted by Gasteiger charge is -2.28. The lowest BCUT2D eigenvalue weighted by molar-refractivity contribution is 0.0206. The van der Waals surface area contributed by atoms with Crippen LogP contribution in [0.2, 0.25) is 0 Å². The average molecular weight is 307 g/mol. The van der Waals surface area contributed by atoms with E-state index >= 15 is 0 Å². The summed E-state index contributed by atoms with van der Waals surface area (Å²) >= 11 is 0. The summed E-state index contributed by atoms with van der Waals surface area (Å²) in [6.07, 6.45) is -1.41. The minimum Gasteiger partial charge on any atom is -0.376 e. The number of methoxy groups -OCH3 is 1. The Morgan fingerprint density at radius 2 is 1.74 bits per heavy atom. The number of nitriles is 1. The van der Waals surface area contributed by atoms with Crippen LogP contribution in [0.5, 0.6) is 0 Å². The van der Waals surface area contributed by atoms with Gasteiger partial charge in [0.1, 0.15) is 11.8 Å². The van der Waals surface area contributed by atoms with Crippen LogP contribution in [-0.4, -0.2) is 24.2 Å². The van der Waals surface area contributed by atoms with Gasteiger partial charge in [-0.3, -0.25) is 0 Å². The summed E-state index contributed by atoms with van der Waals surface area (Å²) < 4.78 is 5.59. The number of hydrazone groups is 1. The van der Waals surface area contributed by atoms with Crippen LogP contribution in [0.1, 0.15) is 11.7 Å². The monoisotopic (exact) mass is 307 g/mol. The van der Waals surface area contributed by atoms with Crippen molar-refractivity contribution in [3.8, 4) is 6.07 Å². The van der Waals surface area contributed by atoms with E-state index in [1.165, 1.54) is 5.01 Å². The van der Waals surface area contributed by atoms with Gasteiger partial charge in [-0.1, -0.05) is 48.5 Å². The fourth-order valence-electron chi connectivity index (χ4n) is 2.86. The minimum atomic E-state index is -0.961. The number of hydrogen-bond acceptors (Lipinski definition) is 5. The van der Waals surface area contributed by atoms with Crippen LogP contribution < -0.4 is 5.01 Å². The summed E-state index contributed by atoms with van der Waals surface area (Å²) in [6, 6.07) is 21.0. The number of ether oxygens (including phenoxy) is 1. The number of benzene rings is 2. The molecular weight excluding hydrogens is 290 g/mol. The zero-order valence-corrected chi connectivity index (χ0v) is 12.7. The minimum absolute atomic E-state index is 0.261. The van der Waals surface area contributed by atoms with Gasteiger partial charge in [0.25, 0.3) is 0 Å². The summed E-state index contributed by atoms with van der Waals surface area (Å²) in [7, 11) is 1.57. The molecule has 0 bridgehead atoms. The molecule has 1 aliphatic heterocycles. The first kappa shape index (κ1) is 15.2. The maximum atomic E-state index is 10.7. The number of hydrogen-bond donors (Lipinski definition) is 1. The van der Waals surface area contributed by atoms with Gasteiger partial charge < -0.3 is 9.84 Å². The highest BCUT2D eigenvalue weighted by Gasteiger charge is 2.43. The van der Waals surface area contributed by atoms with E-state index in [4.69, 9.17) is 4.74 Å². The van der Waals surface area contributed by atoms with Crippen LogP contribution in [-0.2, 0) is 4.74 Å². The molecule has 116 valence electrons. The van der Waals surface area contributed by atoms with Crippen molar-refractivity contribution in [1.82, 2.24) is 0 Å². The second kappa shape index (κ2) is 6.61. The van der Waals surface area contributed by atoms with Gasteiger partial charge in [-0.2, -0.15) is 10.4 Å². The quantitative estimate of drug-likeness (QED) is 0.943. The zero-order valence-electron chi connectivity index (χ0n) is 12.7. The average Bonchev–Trinajstić information content (AvgIpc) is 2.94. The third-order valence-electron chi connectivity index (χ3n) is 3.95. The largest absolute Gasteiger partial charge is 0.376 e. The fourth-order valence-corrected chi connectivity index (χ4v) is 2.86. The Balaban J connectivity index is 1.96. The van der Waals surface area contributed by atoms with E-state index in [0.29, 0.717) is 0 Å². The molecule has 0 fully saturated rings. The molecule has 1 heterocycles. The molecule has 0 aromatic heterocycles. The molecule has 2 aromatic rings. The number of nitrogens with zero attached hydrogens (tertiary/aromatic N) is 3. The Labute approximate surface area is 135 Å². The highest BCUT2D eigenvalue weighted by atomic mass is 16.5. The molecule has 3 rings (SSSR count). The predicted octanol–water partition coefficient (Wildman–Crippen LogP) is 2.71. The Kier molecular flexibility index (Phi) is 4.38. The Hall–Kier alpha value is -2.68. The molecule has 2 aromatic carbocycles. The van der Waals surface area contributed by atoms with Gasteiger partial charge in [0.15, 0.2) is 6.23 Å². The van der Waals surface area contributed by atoms with Crippen molar-refractivity contribution in [2.75, 3.05) is 12.1 Å². The SMILES string of the molecule is COC(c1ccccc1)C1C(C#N)=NN(c2ccccc2)C1O. The van der Waals surface area contributed by atoms with Crippen molar-refractivity contribution in [3.05, 3.63) is 66.2 Å². The molecular formula is C18H17N3O2. The normalized spacial score (nSPS) is 21.6. The number of aliphatic hydroxyl groups excluding tert-OH is 1. The van der Waals surface area contributed by atoms with Gasteiger partial charge in [-0.25, -0.2) is 5.01 Å². The van der Waals surface area contributed by atoms with E-state index < -0.39 is 18.2 Å². The first-order valence-corrected chi connectivity index (χ1v) is 7.35. The van der Waals surface area contributed by atoms with Crippen LogP contribution in [0.3, 0.4) is 0 Å². The maximum absolute atomic E-state index is 10.7. The molecule has 0 saturated heterocycles. The maximum Gasteiger partial charge on any atom is 0.159 e. The lowest BCUT2D eigenvalue weighted by atomic mass is 9.90. The van der Waals surface area contributed by atoms with Crippen molar-refractivity contribution in [3.63, 3.8) is 0 Å². The third-order valence-corrected chi connectivity index (χ3v) is 3.95. The second-order valence-electron chi connectivity index (χ2n) is 5.28. The molecule has 0 aliphatic carbocycles. The molecule has 1 aliphatic rings. The molecule has 5 nitrogen and oxygen atoms in total. The summed E-state index contributed by atoms with van der Waals surface area (Å²) in [5, 5.41) is 25.9. The molecule has 23 heavy (non-hydrogen) atoms. The first-order chi connectivity index (χ1) is 11.3. The molecule has 0 radical (unpaired) electrons. The summed E-state index contributed by atoms with van der Waals surface area (Å²) in [5.74, 6) is -0.549. The number of aliphatic hydroxyl groups is 1. The Bertz CT molecular complexity index is 725. The standard InChI is InChI=1S/C18H17N3O2/c1-23-17(13-8-4-2-5-9-13)16-15(12-19)20-21(18(16)22)14-10-6-3-7-11-14/h2-11,16-18,22H,1H3. The van der Waals surface area contributed by atoms with Crippen LogP contribution in [0.25, 0.3) is 0 Å². The summed E-state index contributed by atoms with van der Waals surface area (Å²) in [6.45, 7) is 0. The molecule has 0 amide bonds. The third kappa shape index (κ3) is 2.82.